The Labute approximate surface area is 82.3 Å². The number of nitrogens with zero attached hydrogens (tertiary/aromatic N) is 2. The fourth-order valence-corrected chi connectivity index (χ4v) is 1.16. The van der Waals surface area contributed by atoms with Crippen LogP contribution in [0.1, 0.15) is 6.92 Å². The zero-order valence-electron chi connectivity index (χ0n) is 7.54. The first-order chi connectivity index (χ1) is 6.61. The van der Waals surface area contributed by atoms with Crippen LogP contribution in [0.4, 0.5) is 4.79 Å². The van der Waals surface area contributed by atoms with Crippen molar-refractivity contribution in [2.24, 2.45) is 4.36 Å². The van der Waals surface area contributed by atoms with Gasteiger partial charge in [-0.25, -0.2) is 4.79 Å². The Bertz CT molecular complexity index is 324. The molecule has 1 fully saturated rings. The Balaban J connectivity index is 2.23. The van der Waals surface area contributed by atoms with Gasteiger partial charge in [-0.15, -0.1) is 5.06 Å². The molecule has 0 radical (unpaired) electrons. The highest BCUT2D eigenvalue weighted by Gasteiger charge is 2.30. The SMILES string of the molecule is CCOC1CN(OC(=O)N=S(=O)=O)C1. The number of carbonyl (C=O) groups excluding carboxylic acids is 1. The summed E-state index contributed by atoms with van der Waals surface area (Å²) in [6, 6.07) is 0. The number of carbonyl (C=O) groups is 1. The summed E-state index contributed by atoms with van der Waals surface area (Å²) in [5, 5.41) is 1.29. The van der Waals surface area contributed by atoms with Crippen molar-refractivity contribution >= 4 is 16.6 Å². The fourth-order valence-electron chi connectivity index (χ4n) is 1.00. The topological polar surface area (TPSA) is 85.3 Å². The second kappa shape index (κ2) is 5.03. The van der Waals surface area contributed by atoms with Gasteiger partial charge in [0.1, 0.15) is 0 Å². The van der Waals surface area contributed by atoms with E-state index in [4.69, 9.17) is 4.74 Å². The zero-order valence-corrected chi connectivity index (χ0v) is 8.36. The molecule has 80 valence electrons. The van der Waals surface area contributed by atoms with E-state index in [-0.39, 0.29) is 6.10 Å². The first kappa shape index (κ1) is 11.1. The highest BCUT2D eigenvalue weighted by atomic mass is 32.2. The first-order valence-corrected chi connectivity index (χ1v) is 5.04. The summed E-state index contributed by atoms with van der Waals surface area (Å²) in [7, 11) is -2.76. The molecule has 1 amide bonds. The maximum Gasteiger partial charge on any atom is 0.467 e. The molecular weight excluding hydrogens is 212 g/mol. The van der Waals surface area contributed by atoms with Gasteiger partial charge in [-0.2, -0.15) is 8.42 Å². The van der Waals surface area contributed by atoms with Gasteiger partial charge in [0.2, 0.25) is 0 Å². The summed E-state index contributed by atoms with van der Waals surface area (Å²) < 4.78 is 27.7. The fraction of sp³-hybridized carbons (Fsp3) is 0.833. The third-order valence-corrected chi connectivity index (χ3v) is 1.87. The van der Waals surface area contributed by atoms with Gasteiger partial charge in [0.05, 0.1) is 19.2 Å². The zero-order chi connectivity index (χ0) is 10.6. The van der Waals surface area contributed by atoms with E-state index in [0.29, 0.717) is 19.7 Å². The molecule has 14 heavy (non-hydrogen) atoms. The molecule has 0 aromatic heterocycles. The number of hydrogen-bond donors (Lipinski definition) is 0. The quantitative estimate of drug-likeness (QED) is 0.658. The highest BCUT2D eigenvalue weighted by Crippen LogP contribution is 2.12. The maximum absolute atomic E-state index is 10.7. The minimum atomic E-state index is -2.76. The summed E-state index contributed by atoms with van der Waals surface area (Å²) in [5.41, 5.74) is 0. The van der Waals surface area contributed by atoms with E-state index in [1.54, 1.807) is 0 Å². The van der Waals surface area contributed by atoms with Crippen molar-refractivity contribution in [3.05, 3.63) is 0 Å². The van der Waals surface area contributed by atoms with Crippen molar-refractivity contribution in [1.82, 2.24) is 5.06 Å². The van der Waals surface area contributed by atoms with Gasteiger partial charge < -0.3 is 9.57 Å². The monoisotopic (exact) mass is 222 g/mol. The van der Waals surface area contributed by atoms with Crippen LogP contribution < -0.4 is 0 Å². The van der Waals surface area contributed by atoms with Crippen molar-refractivity contribution in [2.45, 2.75) is 13.0 Å². The van der Waals surface area contributed by atoms with Crippen LogP contribution >= 0.6 is 0 Å². The molecule has 0 saturated carbocycles. The Morgan fingerprint density at radius 2 is 2.21 bits per heavy atom. The van der Waals surface area contributed by atoms with Crippen LogP contribution in [-0.4, -0.2) is 45.4 Å². The molecule has 0 bridgehead atoms. The van der Waals surface area contributed by atoms with E-state index in [0.717, 1.165) is 0 Å². The summed E-state index contributed by atoms with van der Waals surface area (Å²) >= 11 is 0. The molecule has 0 spiro atoms. The van der Waals surface area contributed by atoms with Gasteiger partial charge in [-0.05, 0) is 6.92 Å². The lowest BCUT2D eigenvalue weighted by atomic mass is 10.2. The minimum Gasteiger partial charge on any atom is -0.376 e. The molecule has 0 N–H and O–H groups in total. The highest BCUT2D eigenvalue weighted by molar-refractivity contribution is 7.62. The van der Waals surface area contributed by atoms with E-state index < -0.39 is 16.6 Å². The van der Waals surface area contributed by atoms with E-state index in [1.165, 1.54) is 5.06 Å². The first-order valence-electron chi connectivity index (χ1n) is 4.01. The van der Waals surface area contributed by atoms with Crippen molar-refractivity contribution in [3.63, 3.8) is 0 Å². The molecule has 7 nitrogen and oxygen atoms in total. The third-order valence-electron chi connectivity index (χ3n) is 1.57. The summed E-state index contributed by atoms with van der Waals surface area (Å²) in [5.74, 6) is 0. The van der Waals surface area contributed by atoms with E-state index in [9.17, 15) is 13.2 Å². The van der Waals surface area contributed by atoms with Gasteiger partial charge in [0.15, 0.2) is 0 Å². The Kier molecular flexibility index (Phi) is 3.98. The van der Waals surface area contributed by atoms with Gasteiger partial charge in [-0.3, -0.25) is 0 Å². The molecule has 0 aromatic rings. The number of rotatable bonds is 3. The molecule has 1 rings (SSSR count). The van der Waals surface area contributed by atoms with Crippen molar-refractivity contribution < 1.29 is 22.8 Å². The van der Waals surface area contributed by atoms with Crippen molar-refractivity contribution in [3.8, 4) is 0 Å². The van der Waals surface area contributed by atoms with Crippen LogP contribution in [0.15, 0.2) is 4.36 Å². The number of amides is 1. The van der Waals surface area contributed by atoms with Crippen LogP contribution in [0.3, 0.4) is 0 Å². The molecule has 1 saturated heterocycles. The second-order valence-electron chi connectivity index (χ2n) is 2.59. The largest absolute Gasteiger partial charge is 0.467 e. The Morgan fingerprint density at radius 3 is 2.71 bits per heavy atom. The smallest absolute Gasteiger partial charge is 0.376 e. The van der Waals surface area contributed by atoms with E-state index in [2.05, 4.69) is 9.20 Å². The lowest BCUT2D eigenvalue weighted by Gasteiger charge is -2.35. The Hall–Kier alpha value is -0.990. The molecular formula is C6H10N2O5S. The molecule has 1 heterocycles. The summed E-state index contributed by atoms with van der Waals surface area (Å²) in [6.45, 7) is 3.35. The van der Waals surface area contributed by atoms with Gasteiger partial charge in [0, 0.05) is 6.61 Å². The van der Waals surface area contributed by atoms with Crippen LogP contribution in [0.2, 0.25) is 0 Å². The summed E-state index contributed by atoms with van der Waals surface area (Å²) in [4.78, 5) is 15.2. The van der Waals surface area contributed by atoms with Crippen molar-refractivity contribution in [1.29, 1.82) is 0 Å². The van der Waals surface area contributed by atoms with Crippen LogP contribution in [0, 0.1) is 0 Å². The minimum absolute atomic E-state index is 0.0468. The average molecular weight is 222 g/mol. The lowest BCUT2D eigenvalue weighted by molar-refractivity contribution is -0.201. The molecule has 0 aromatic carbocycles. The lowest BCUT2D eigenvalue weighted by Crippen LogP contribution is -2.52. The molecule has 1 aliphatic heterocycles. The van der Waals surface area contributed by atoms with Crippen molar-refractivity contribution in [2.75, 3.05) is 19.7 Å². The predicted octanol–water partition coefficient (Wildman–Crippen LogP) is -0.179. The van der Waals surface area contributed by atoms with Crippen LogP contribution in [-0.2, 0) is 20.1 Å². The number of hydrogen-bond acceptors (Lipinski definition) is 6. The van der Waals surface area contributed by atoms with E-state index in [1.807, 2.05) is 6.92 Å². The van der Waals surface area contributed by atoms with E-state index >= 15 is 0 Å². The second-order valence-corrected chi connectivity index (χ2v) is 3.21. The summed E-state index contributed by atoms with van der Waals surface area (Å²) in [6.07, 6.45) is -1.08. The number of hydroxylamine groups is 2. The predicted molar refractivity (Wildman–Crippen MR) is 44.8 cm³/mol. The molecule has 1 aliphatic rings. The average Bonchev–Trinajstić information content (AvgIpc) is 1.99. The Morgan fingerprint density at radius 1 is 1.57 bits per heavy atom. The maximum atomic E-state index is 10.7. The van der Waals surface area contributed by atoms with Gasteiger partial charge in [-0.1, -0.05) is 4.36 Å². The molecule has 0 atom stereocenters. The van der Waals surface area contributed by atoms with Gasteiger partial charge >= 0.3 is 16.6 Å². The van der Waals surface area contributed by atoms with Gasteiger partial charge in [0.25, 0.3) is 0 Å². The van der Waals surface area contributed by atoms with Crippen LogP contribution in [0.5, 0.6) is 0 Å². The normalized spacial score (nSPS) is 17.2. The number of ether oxygens (including phenoxy) is 1. The third kappa shape index (κ3) is 3.40. The standard InChI is InChI=1S/C6H10N2O5S/c1-2-12-5-3-8(4-5)13-6(9)7-14(10)11/h5H,2-4H2,1H3. The van der Waals surface area contributed by atoms with Crippen LogP contribution in [0.25, 0.3) is 0 Å². The molecule has 0 unspecified atom stereocenters. The molecule has 8 heteroatoms. The molecule has 0 aliphatic carbocycles.